The van der Waals surface area contributed by atoms with Crippen LogP contribution < -0.4 is 4.74 Å². The van der Waals surface area contributed by atoms with Gasteiger partial charge in [0.1, 0.15) is 12.4 Å². The molecule has 3 aromatic carbocycles. The standard InChI is InChI=1S/C26H27ClO5S/c1-17-12-13-23(33(29,30)31)21(11-6-14-28)24(17)25-22(27)15-19-9-5-10-20(19)26(25)32-16-18-7-3-2-4-8-18/h2-4,7-8,12-13,15,28H,5-6,9-11,14,16H2,1H3,(H,29,30,31). The molecule has 0 amide bonds. The lowest BCUT2D eigenvalue weighted by molar-refractivity contribution is 0.288. The lowest BCUT2D eigenvalue weighted by atomic mass is 9.89. The van der Waals surface area contributed by atoms with Crippen molar-refractivity contribution in [1.82, 2.24) is 0 Å². The Bertz CT molecular complexity index is 1270. The van der Waals surface area contributed by atoms with Crippen LogP contribution in [0.5, 0.6) is 5.75 Å². The van der Waals surface area contributed by atoms with Crippen LogP contribution in [-0.2, 0) is 36.0 Å². The molecule has 174 valence electrons. The van der Waals surface area contributed by atoms with Crippen molar-refractivity contribution in [2.45, 2.75) is 50.5 Å². The Morgan fingerprint density at radius 1 is 1.06 bits per heavy atom. The summed E-state index contributed by atoms with van der Waals surface area (Å²) in [7, 11) is -4.47. The van der Waals surface area contributed by atoms with E-state index in [1.807, 2.05) is 43.3 Å². The zero-order valence-corrected chi connectivity index (χ0v) is 20.0. The van der Waals surface area contributed by atoms with Crippen LogP contribution >= 0.6 is 11.6 Å². The molecule has 0 aromatic heterocycles. The SMILES string of the molecule is Cc1ccc(S(=O)(=O)O)c(CCCO)c1-c1c(Cl)cc2c(c1OCc1ccccc1)CCC2. The lowest BCUT2D eigenvalue weighted by Crippen LogP contribution is -2.09. The third kappa shape index (κ3) is 4.94. The van der Waals surface area contributed by atoms with Crippen LogP contribution in [0.3, 0.4) is 0 Å². The summed E-state index contributed by atoms with van der Waals surface area (Å²) in [5.74, 6) is 0.666. The molecule has 4 rings (SSSR count). The van der Waals surface area contributed by atoms with Crippen molar-refractivity contribution < 1.29 is 22.8 Å². The highest BCUT2D eigenvalue weighted by Gasteiger charge is 2.28. The third-order valence-electron chi connectivity index (χ3n) is 6.12. The number of halogens is 1. The van der Waals surface area contributed by atoms with E-state index >= 15 is 0 Å². The van der Waals surface area contributed by atoms with Gasteiger partial charge < -0.3 is 9.84 Å². The molecule has 0 aliphatic heterocycles. The fourth-order valence-corrected chi connectivity index (χ4v) is 5.70. The second-order valence-corrected chi connectivity index (χ2v) is 10.2. The van der Waals surface area contributed by atoms with E-state index in [1.165, 1.54) is 6.07 Å². The molecule has 1 aliphatic rings. The summed E-state index contributed by atoms with van der Waals surface area (Å²) >= 11 is 6.83. The van der Waals surface area contributed by atoms with Gasteiger partial charge in [0.2, 0.25) is 0 Å². The van der Waals surface area contributed by atoms with E-state index < -0.39 is 10.1 Å². The van der Waals surface area contributed by atoms with Crippen molar-refractivity contribution in [3.63, 3.8) is 0 Å². The molecule has 0 saturated heterocycles. The number of rotatable bonds is 8. The number of aryl methyl sites for hydroxylation is 2. The monoisotopic (exact) mass is 486 g/mol. The molecule has 0 radical (unpaired) electrons. The maximum absolute atomic E-state index is 12.2. The van der Waals surface area contributed by atoms with E-state index in [9.17, 15) is 18.1 Å². The fraction of sp³-hybridized carbons (Fsp3) is 0.308. The highest BCUT2D eigenvalue weighted by atomic mass is 35.5. The average Bonchev–Trinajstić information content (AvgIpc) is 3.24. The minimum absolute atomic E-state index is 0.104. The van der Waals surface area contributed by atoms with E-state index in [4.69, 9.17) is 16.3 Å². The third-order valence-corrected chi connectivity index (χ3v) is 7.35. The Morgan fingerprint density at radius 2 is 1.82 bits per heavy atom. The topological polar surface area (TPSA) is 83.8 Å². The van der Waals surface area contributed by atoms with Gasteiger partial charge in [-0.3, -0.25) is 4.55 Å². The van der Waals surface area contributed by atoms with Crippen molar-refractivity contribution in [2.75, 3.05) is 6.61 Å². The molecule has 0 heterocycles. The molecule has 2 N–H and O–H groups in total. The predicted molar refractivity (Wildman–Crippen MR) is 130 cm³/mol. The van der Waals surface area contributed by atoms with E-state index in [0.29, 0.717) is 40.5 Å². The second kappa shape index (κ2) is 9.85. The molecule has 3 aromatic rings. The van der Waals surface area contributed by atoms with Crippen molar-refractivity contribution in [3.05, 3.63) is 81.4 Å². The first-order valence-corrected chi connectivity index (χ1v) is 12.8. The Morgan fingerprint density at radius 3 is 2.52 bits per heavy atom. The first kappa shape index (κ1) is 23.8. The molecule has 1 aliphatic carbocycles. The van der Waals surface area contributed by atoms with Gasteiger partial charge in [-0.1, -0.05) is 48.0 Å². The van der Waals surface area contributed by atoms with Gasteiger partial charge in [0.05, 0.1) is 9.92 Å². The molecule has 0 fully saturated rings. The number of ether oxygens (including phenoxy) is 1. The van der Waals surface area contributed by atoms with Gasteiger partial charge in [-0.2, -0.15) is 8.42 Å². The Hall–Kier alpha value is -2.38. The van der Waals surface area contributed by atoms with Crippen LogP contribution in [0.2, 0.25) is 5.02 Å². The van der Waals surface area contributed by atoms with Gasteiger partial charge in [0.25, 0.3) is 10.1 Å². The molecular weight excluding hydrogens is 460 g/mol. The molecule has 0 unspecified atom stereocenters. The van der Waals surface area contributed by atoms with E-state index in [1.54, 1.807) is 6.07 Å². The number of fused-ring (bicyclic) bond motifs is 1. The van der Waals surface area contributed by atoms with Crippen LogP contribution in [0.25, 0.3) is 11.1 Å². The molecule has 0 spiro atoms. The molecule has 5 nitrogen and oxygen atoms in total. The number of hydrogen-bond donors (Lipinski definition) is 2. The molecule has 0 bridgehead atoms. The van der Waals surface area contributed by atoms with Gasteiger partial charge in [-0.25, -0.2) is 0 Å². The summed E-state index contributed by atoms with van der Waals surface area (Å²) in [6.07, 6.45) is 3.39. The molecule has 33 heavy (non-hydrogen) atoms. The van der Waals surface area contributed by atoms with Crippen LogP contribution in [0, 0.1) is 6.92 Å². The lowest BCUT2D eigenvalue weighted by Gasteiger charge is -2.22. The number of benzene rings is 3. The summed E-state index contributed by atoms with van der Waals surface area (Å²) in [5, 5.41) is 9.92. The zero-order chi connectivity index (χ0) is 23.6. The van der Waals surface area contributed by atoms with Crippen molar-refractivity contribution >= 4 is 21.7 Å². The summed E-state index contributed by atoms with van der Waals surface area (Å²) in [6.45, 7) is 2.13. The summed E-state index contributed by atoms with van der Waals surface area (Å²) < 4.78 is 40.7. The largest absolute Gasteiger partial charge is 0.488 e. The van der Waals surface area contributed by atoms with Gasteiger partial charge >= 0.3 is 0 Å². The maximum Gasteiger partial charge on any atom is 0.294 e. The van der Waals surface area contributed by atoms with Gasteiger partial charge in [-0.05, 0) is 84.5 Å². The second-order valence-electron chi connectivity index (χ2n) is 8.36. The highest BCUT2D eigenvalue weighted by Crippen LogP contribution is 2.47. The smallest absolute Gasteiger partial charge is 0.294 e. The molecular formula is C26H27ClO5S. The van der Waals surface area contributed by atoms with Crippen molar-refractivity contribution in [3.8, 4) is 16.9 Å². The summed E-state index contributed by atoms with van der Waals surface area (Å²) in [6, 6.07) is 14.9. The minimum Gasteiger partial charge on any atom is -0.488 e. The quantitative estimate of drug-likeness (QED) is 0.407. The molecule has 0 atom stereocenters. The fourth-order valence-electron chi connectivity index (χ4n) is 4.63. The van der Waals surface area contributed by atoms with Crippen LogP contribution in [0.4, 0.5) is 0 Å². The van der Waals surface area contributed by atoms with Crippen LogP contribution in [0.1, 0.15) is 40.7 Å². The number of aliphatic hydroxyl groups is 1. The summed E-state index contributed by atoms with van der Waals surface area (Å²) in [4.78, 5) is -0.165. The predicted octanol–water partition coefficient (Wildman–Crippen LogP) is 5.55. The van der Waals surface area contributed by atoms with E-state index in [2.05, 4.69) is 0 Å². The Labute approximate surface area is 199 Å². The Kier molecular flexibility index (Phi) is 7.10. The number of hydrogen-bond acceptors (Lipinski definition) is 4. The Balaban J connectivity index is 1.95. The average molecular weight is 487 g/mol. The van der Waals surface area contributed by atoms with Gasteiger partial charge in [0.15, 0.2) is 0 Å². The zero-order valence-electron chi connectivity index (χ0n) is 18.5. The first-order chi connectivity index (χ1) is 15.8. The molecule has 7 heteroatoms. The van der Waals surface area contributed by atoms with E-state index in [0.717, 1.165) is 41.5 Å². The summed E-state index contributed by atoms with van der Waals surface area (Å²) in [5.41, 5.74) is 5.79. The van der Waals surface area contributed by atoms with E-state index in [-0.39, 0.29) is 17.9 Å². The van der Waals surface area contributed by atoms with Crippen molar-refractivity contribution in [1.29, 1.82) is 0 Å². The van der Waals surface area contributed by atoms with Gasteiger partial charge in [0, 0.05) is 12.2 Å². The maximum atomic E-state index is 12.2. The highest BCUT2D eigenvalue weighted by molar-refractivity contribution is 7.85. The van der Waals surface area contributed by atoms with Crippen molar-refractivity contribution in [2.24, 2.45) is 0 Å². The minimum atomic E-state index is -4.47. The van der Waals surface area contributed by atoms with Crippen LogP contribution in [-0.4, -0.2) is 24.7 Å². The van der Waals surface area contributed by atoms with Crippen LogP contribution in [0.15, 0.2) is 53.4 Å². The first-order valence-electron chi connectivity index (χ1n) is 11.0. The van der Waals surface area contributed by atoms with Gasteiger partial charge in [-0.15, -0.1) is 0 Å². The normalized spacial score (nSPS) is 13.2. The number of aliphatic hydroxyl groups excluding tert-OH is 1. The molecule has 0 saturated carbocycles.